The molecule has 3 aromatic rings. The molecule has 1 amide bonds. The van der Waals surface area contributed by atoms with Gasteiger partial charge in [-0.2, -0.15) is 0 Å². The van der Waals surface area contributed by atoms with E-state index < -0.39 is 0 Å². The van der Waals surface area contributed by atoms with Crippen molar-refractivity contribution in [2.45, 2.75) is 26.8 Å². The number of rotatable bonds is 6. The van der Waals surface area contributed by atoms with Gasteiger partial charge in [0.15, 0.2) is 5.65 Å². The molecule has 0 bridgehead atoms. The number of carbonyl (C=O) groups is 1. The Balaban J connectivity index is 1.47. The van der Waals surface area contributed by atoms with E-state index in [0.717, 1.165) is 56.2 Å². The summed E-state index contributed by atoms with van der Waals surface area (Å²) in [7, 11) is 0. The second-order valence-corrected chi connectivity index (χ2v) is 7.92. The van der Waals surface area contributed by atoms with Crippen molar-refractivity contribution in [3.05, 3.63) is 60.3 Å². The molecule has 1 fully saturated rings. The minimum Gasteiger partial charge on any atom is -0.494 e. The largest absolute Gasteiger partial charge is 0.494 e. The molecule has 0 radical (unpaired) electrons. The second-order valence-electron chi connectivity index (χ2n) is 7.92. The van der Waals surface area contributed by atoms with Gasteiger partial charge in [0.25, 0.3) is 0 Å². The van der Waals surface area contributed by atoms with E-state index >= 15 is 0 Å². The van der Waals surface area contributed by atoms with Crippen molar-refractivity contribution in [3.8, 4) is 5.75 Å². The molecule has 30 heavy (non-hydrogen) atoms. The lowest BCUT2D eigenvalue weighted by Crippen LogP contribution is -2.34. The zero-order valence-electron chi connectivity index (χ0n) is 17.7. The maximum Gasteiger partial charge on any atom is 0.219 e. The molecule has 1 unspecified atom stereocenters. The topological polar surface area (TPSA) is 63.0 Å². The van der Waals surface area contributed by atoms with Crippen LogP contribution in [0, 0.1) is 5.92 Å². The fourth-order valence-corrected chi connectivity index (χ4v) is 4.12. The van der Waals surface area contributed by atoms with Crippen molar-refractivity contribution >= 4 is 11.6 Å². The van der Waals surface area contributed by atoms with Gasteiger partial charge in [0.05, 0.1) is 18.5 Å². The summed E-state index contributed by atoms with van der Waals surface area (Å²) in [5.41, 5.74) is 3.13. The van der Waals surface area contributed by atoms with Gasteiger partial charge >= 0.3 is 0 Å². The predicted octanol–water partition coefficient (Wildman–Crippen LogP) is 2.65. The van der Waals surface area contributed by atoms with Crippen LogP contribution in [0.1, 0.15) is 25.1 Å². The highest BCUT2D eigenvalue weighted by atomic mass is 16.5. The van der Waals surface area contributed by atoms with Gasteiger partial charge in [-0.05, 0) is 37.0 Å². The standard InChI is InChI=1S/C23H29N5O2/c1-3-30-22-6-4-19(5-7-22)14-26-10-11-27(18(2)29)16-20(15-26)12-21-17-28-9-8-24-23(28)13-25-21/h4-9,13,17,20H,3,10-12,14-16H2,1-2H3. The van der Waals surface area contributed by atoms with Crippen molar-refractivity contribution in [1.29, 1.82) is 0 Å². The number of hydrogen-bond donors (Lipinski definition) is 0. The highest BCUT2D eigenvalue weighted by molar-refractivity contribution is 5.73. The Hall–Kier alpha value is -2.93. The molecular formula is C23H29N5O2. The van der Waals surface area contributed by atoms with E-state index in [2.05, 4.69) is 27.0 Å². The van der Waals surface area contributed by atoms with E-state index in [1.165, 1.54) is 5.56 Å². The van der Waals surface area contributed by atoms with E-state index in [0.29, 0.717) is 12.5 Å². The van der Waals surface area contributed by atoms with Gasteiger partial charge in [-0.15, -0.1) is 0 Å². The third-order valence-corrected chi connectivity index (χ3v) is 5.60. The molecule has 1 aliphatic heterocycles. The highest BCUT2D eigenvalue weighted by Gasteiger charge is 2.25. The lowest BCUT2D eigenvalue weighted by molar-refractivity contribution is -0.129. The van der Waals surface area contributed by atoms with Gasteiger partial charge in [-0.25, -0.2) is 4.98 Å². The van der Waals surface area contributed by atoms with Gasteiger partial charge < -0.3 is 14.0 Å². The second kappa shape index (κ2) is 9.26. The Bertz CT molecular complexity index is 985. The third-order valence-electron chi connectivity index (χ3n) is 5.60. The van der Waals surface area contributed by atoms with Crippen molar-refractivity contribution in [1.82, 2.24) is 24.2 Å². The molecule has 0 saturated carbocycles. The number of carbonyl (C=O) groups excluding carboxylic acids is 1. The van der Waals surface area contributed by atoms with Gasteiger partial charge in [0, 0.05) is 58.2 Å². The molecule has 1 atom stereocenters. The average molecular weight is 408 g/mol. The van der Waals surface area contributed by atoms with E-state index in [-0.39, 0.29) is 5.91 Å². The van der Waals surface area contributed by atoms with E-state index in [4.69, 9.17) is 4.74 Å². The monoisotopic (exact) mass is 407 g/mol. The van der Waals surface area contributed by atoms with E-state index in [1.807, 2.05) is 46.9 Å². The summed E-state index contributed by atoms with van der Waals surface area (Å²) in [5, 5.41) is 0. The number of hydrogen-bond acceptors (Lipinski definition) is 5. The molecule has 0 aliphatic carbocycles. The Morgan fingerprint density at radius 3 is 2.77 bits per heavy atom. The fraction of sp³-hybridized carbons (Fsp3) is 0.435. The summed E-state index contributed by atoms with van der Waals surface area (Å²) in [6.07, 6.45) is 8.41. The fourth-order valence-electron chi connectivity index (χ4n) is 4.12. The number of imidazole rings is 1. The van der Waals surface area contributed by atoms with E-state index in [9.17, 15) is 4.79 Å². The van der Waals surface area contributed by atoms with Gasteiger partial charge in [0.2, 0.25) is 5.91 Å². The maximum absolute atomic E-state index is 12.1. The van der Waals surface area contributed by atoms with Crippen LogP contribution in [0.15, 0.2) is 49.1 Å². The summed E-state index contributed by atoms with van der Waals surface area (Å²) in [6, 6.07) is 8.31. The molecular weight excluding hydrogens is 378 g/mol. The number of amides is 1. The Labute approximate surface area is 177 Å². The molecule has 0 N–H and O–H groups in total. The molecule has 3 heterocycles. The molecule has 7 heteroatoms. The van der Waals surface area contributed by atoms with Crippen LogP contribution < -0.4 is 4.74 Å². The van der Waals surface area contributed by atoms with Crippen molar-refractivity contribution in [2.24, 2.45) is 5.92 Å². The number of ether oxygens (including phenoxy) is 1. The molecule has 158 valence electrons. The van der Waals surface area contributed by atoms with Crippen LogP contribution in [0.4, 0.5) is 0 Å². The number of nitrogens with zero attached hydrogens (tertiary/aromatic N) is 5. The summed E-state index contributed by atoms with van der Waals surface area (Å²) < 4.78 is 7.55. The zero-order chi connectivity index (χ0) is 20.9. The first-order valence-electron chi connectivity index (χ1n) is 10.6. The molecule has 1 aromatic carbocycles. The smallest absolute Gasteiger partial charge is 0.219 e. The number of fused-ring (bicyclic) bond motifs is 1. The molecule has 7 nitrogen and oxygen atoms in total. The van der Waals surface area contributed by atoms with Crippen molar-refractivity contribution < 1.29 is 9.53 Å². The first-order valence-corrected chi connectivity index (χ1v) is 10.6. The van der Waals surface area contributed by atoms with Crippen LogP contribution in [-0.4, -0.2) is 62.9 Å². The van der Waals surface area contributed by atoms with Crippen LogP contribution in [0.5, 0.6) is 5.75 Å². The molecule has 1 saturated heterocycles. The van der Waals surface area contributed by atoms with Crippen LogP contribution in [0.3, 0.4) is 0 Å². The first-order chi connectivity index (χ1) is 14.6. The number of benzene rings is 1. The summed E-state index contributed by atoms with van der Waals surface area (Å²) in [5.74, 6) is 1.37. The lowest BCUT2D eigenvalue weighted by atomic mass is 10.0. The van der Waals surface area contributed by atoms with Gasteiger partial charge in [0.1, 0.15) is 5.75 Å². The van der Waals surface area contributed by atoms with Gasteiger partial charge in [-0.3, -0.25) is 14.7 Å². The maximum atomic E-state index is 12.1. The van der Waals surface area contributed by atoms with Crippen LogP contribution in [-0.2, 0) is 17.8 Å². The zero-order valence-corrected chi connectivity index (χ0v) is 17.7. The molecule has 0 spiro atoms. The van der Waals surface area contributed by atoms with Crippen LogP contribution >= 0.6 is 0 Å². The van der Waals surface area contributed by atoms with Crippen molar-refractivity contribution in [3.63, 3.8) is 0 Å². The summed E-state index contributed by atoms with van der Waals surface area (Å²) in [4.78, 5) is 25.4. The van der Waals surface area contributed by atoms with E-state index in [1.54, 1.807) is 13.1 Å². The average Bonchev–Trinajstić information content (AvgIpc) is 3.10. The SMILES string of the molecule is CCOc1ccc(CN2CCN(C(C)=O)CC(Cc3cn4ccnc4cn3)C2)cc1. The molecule has 1 aliphatic rings. The Kier molecular flexibility index (Phi) is 6.28. The normalized spacial score (nSPS) is 17.8. The van der Waals surface area contributed by atoms with Crippen molar-refractivity contribution in [2.75, 3.05) is 32.8 Å². The Morgan fingerprint density at radius 1 is 1.17 bits per heavy atom. The minimum absolute atomic E-state index is 0.140. The highest BCUT2D eigenvalue weighted by Crippen LogP contribution is 2.19. The lowest BCUT2D eigenvalue weighted by Gasteiger charge is -2.24. The molecule has 4 rings (SSSR count). The Morgan fingerprint density at radius 2 is 2.00 bits per heavy atom. The minimum atomic E-state index is 0.140. The van der Waals surface area contributed by atoms with Gasteiger partial charge in [-0.1, -0.05) is 12.1 Å². The summed E-state index contributed by atoms with van der Waals surface area (Å²) >= 11 is 0. The summed E-state index contributed by atoms with van der Waals surface area (Å²) in [6.45, 7) is 8.52. The predicted molar refractivity (Wildman–Crippen MR) is 115 cm³/mol. The number of aromatic nitrogens is 3. The van der Waals surface area contributed by atoms with Crippen LogP contribution in [0.25, 0.3) is 5.65 Å². The third kappa shape index (κ3) is 4.97. The first kappa shape index (κ1) is 20.3. The molecule has 2 aromatic heterocycles. The quantitative estimate of drug-likeness (QED) is 0.629. The van der Waals surface area contributed by atoms with Crippen LogP contribution in [0.2, 0.25) is 0 Å².